The van der Waals surface area contributed by atoms with Crippen LogP contribution >= 0.6 is 24.0 Å². The summed E-state index contributed by atoms with van der Waals surface area (Å²) in [6, 6.07) is 0.298. The number of carbonyl (C=O) groups excluding carboxylic acids is 1. The Morgan fingerprint density at radius 1 is 1.47 bits per heavy atom. The van der Waals surface area contributed by atoms with Gasteiger partial charge < -0.3 is 16.4 Å². The zero-order valence-electron chi connectivity index (χ0n) is 11.3. The molecule has 1 amide bonds. The molecule has 0 spiro atoms. The van der Waals surface area contributed by atoms with Gasteiger partial charge in [-0.1, -0.05) is 6.92 Å². The van der Waals surface area contributed by atoms with Gasteiger partial charge in [0.15, 0.2) is 5.96 Å². The lowest BCUT2D eigenvalue weighted by Crippen LogP contribution is -2.41. The summed E-state index contributed by atoms with van der Waals surface area (Å²) in [5.41, 5.74) is 5.17. The number of halogens is 1. The van der Waals surface area contributed by atoms with Gasteiger partial charge in [-0.2, -0.15) is 0 Å². The molecule has 1 unspecified atom stereocenters. The third-order valence-electron chi connectivity index (χ3n) is 2.49. The summed E-state index contributed by atoms with van der Waals surface area (Å²) in [7, 11) is 1.62. The standard InChI is InChI=1S/C11H24N4O.HI/c1-6-8(2)15-10(12)14-7-11(3,4)9(16)13-5;/h8H,6-7H2,1-5H3,(H,13,16)(H3,12,14,15);1H. The molecule has 0 aromatic rings. The first kappa shape index (κ1) is 18.8. The lowest BCUT2D eigenvalue weighted by molar-refractivity contribution is -0.128. The Hall–Kier alpha value is -0.530. The largest absolute Gasteiger partial charge is 0.370 e. The Morgan fingerprint density at radius 3 is 2.41 bits per heavy atom. The van der Waals surface area contributed by atoms with Gasteiger partial charge in [-0.25, -0.2) is 0 Å². The monoisotopic (exact) mass is 356 g/mol. The fourth-order valence-corrected chi connectivity index (χ4v) is 1.09. The van der Waals surface area contributed by atoms with E-state index in [-0.39, 0.29) is 29.9 Å². The maximum atomic E-state index is 11.5. The minimum atomic E-state index is -0.531. The first-order chi connectivity index (χ1) is 7.33. The van der Waals surface area contributed by atoms with Crippen molar-refractivity contribution < 1.29 is 4.79 Å². The summed E-state index contributed by atoms with van der Waals surface area (Å²) in [4.78, 5) is 15.7. The molecule has 0 aliphatic carbocycles. The maximum Gasteiger partial charge on any atom is 0.227 e. The van der Waals surface area contributed by atoms with E-state index < -0.39 is 5.41 Å². The Balaban J connectivity index is 0. The predicted octanol–water partition coefficient (Wildman–Crippen LogP) is 1.08. The fraction of sp³-hybridized carbons (Fsp3) is 0.818. The molecule has 17 heavy (non-hydrogen) atoms. The summed E-state index contributed by atoms with van der Waals surface area (Å²) in [6.07, 6.45) is 0.981. The highest BCUT2D eigenvalue weighted by Gasteiger charge is 2.26. The van der Waals surface area contributed by atoms with Crippen molar-refractivity contribution in [2.45, 2.75) is 40.2 Å². The second-order valence-corrected chi connectivity index (χ2v) is 4.62. The van der Waals surface area contributed by atoms with Gasteiger partial charge in [-0.3, -0.25) is 9.79 Å². The molecule has 0 aromatic carbocycles. The van der Waals surface area contributed by atoms with Gasteiger partial charge in [-0.15, -0.1) is 24.0 Å². The summed E-state index contributed by atoms with van der Waals surface area (Å²) < 4.78 is 0. The molecule has 0 radical (unpaired) electrons. The number of rotatable bonds is 5. The van der Waals surface area contributed by atoms with Crippen molar-refractivity contribution in [2.24, 2.45) is 16.1 Å². The number of aliphatic imine (C=N–C) groups is 1. The molecule has 102 valence electrons. The van der Waals surface area contributed by atoms with Gasteiger partial charge in [0.1, 0.15) is 0 Å². The average Bonchev–Trinajstić information content (AvgIpc) is 2.25. The van der Waals surface area contributed by atoms with Gasteiger partial charge in [0, 0.05) is 13.1 Å². The van der Waals surface area contributed by atoms with Crippen LogP contribution in [0.4, 0.5) is 0 Å². The highest BCUT2D eigenvalue weighted by atomic mass is 127. The van der Waals surface area contributed by atoms with Crippen molar-refractivity contribution in [2.75, 3.05) is 13.6 Å². The quantitative estimate of drug-likeness (QED) is 0.392. The number of amides is 1. The van der Waals surface area contributed by atoms with Crippen molar-refractivity contribution >= 4 is 35.8 Å². The van der Waals surface area contributed by atoms with E-state index in [4.69, 9.17) is 5.73 Å². The van der Waals surface area contributed by atoms with E-state index in [0.717, 1.165) is 6.42 Å². The van der Waals surface area contributed by atoms with E-state index in [1.807, 2.05) is 20.8 Å². The molecular formula is C11H25IN4O. The minimum Gasteiger partial charge on any atom is -0.370 e. The first-order valence-corrected chi connectivity index (χ1v) is 5.62. The third kappa shape index (κ3) is 7.40. The number of nitrogens with one attached hydrogen (secondary N) is 2. The molecule has 5 nitrogen and oxygen atoms in total. The second kappa shape index (κ2) is 8.54. The molecule has 1 atom stereocenters. The smallest absolute Gasteiger partial charge is 0.227 e. The molecule has 0 fully saturated rings. The summed E-state index contributed by atoms with van der Waals surface area (Å²) in [6.45, 7) is 8.16. The zero-order chi connectivity index (χ0) is 12.8. The SMILES string of the molecule is CCC(C)NC(N)=NCC(C)(C)C(=O)NC.I. The molecule has 0 aromatic heterocycles. The van der Waals surface area contributed by atoms with Crippen LogP contribution < -0.4 is 16.4 Å². The topological polar surface area (TPSA) is 79.5 Å². The summed E-state index contributed by atoms with van der Waals surface area (Å²) in [5, 5.41) is 5.67. The lowest BCUT2D eigenvalue weighted by Gasteiger charge is -2.20. The number of nitrogens with zero attached hydrogens (tertiary/aromatic N) is 1. The van der Waals surface area contributed by atoms with Crippen LogP contribution in [0.5, 0.6) is 0 Å². The molecule has 0 saturated heterocycles. The van der Waals surface area contributed by atoms with Crippen molar-refractivity contribution in [3.05, 3.63) is 0 Å². The summed E-state index contributed by atoms with van der Waals surface area (Å²) in [5.74, 6) is 0.360. The number of hydrogen-bond acceptors (Lipinski definition) is 2. The Morgan fingerprint density at radius 2 is 2.00 bits per heavy atom. The van der Waals surface area contributed by atoms with Crippen molar-refractivity contribution in [1.82, 2.24) is 10.6 Å². The molecule has 0 aliphatic heterocycles. The van der Waals surface area contributed by atoms with E-state index in [2.05, 4.69) is 22.5 Å². The molecule has 0 rings (SSSR count). The van der Waals surface area contributed by atoms with E-state index in [0.29, 0.717) is 18.5 Å². The summed E-state index contributed by atoms with van der Waals surface area (Å²) >= 11 is 0. The van der Waals surface area contributed by atoms with Gasteiger partial charge >= 0.3 is 0 Å². The van der Waals surface area contributed by atoms with Crippen LogP contribution in [-0.4, -0.2) is 31.5 Å². The number of nitrogens with two attached hydrogens (primary N) is 1. The number of hydrogen-bond donors (Lipinski definition) is 3. The predicted molar refractivity (Wildman–Crippen MR) is 82.6 cm³/mol. The molecule has 0 heterocycles. The Kier molecular flexibility index (Phi) is 9.46. The Bertz CT molecular complexity index is 266. The van der Waals surface area contributed by atoms with Crippen molar-refractivity contribution in [3.63, 3.8) is 0 Å². The third-order valence-corrected chi connectivity index (χ3v) is 2.49. The molecule has 4 N–H and O–H groups in total. The van der Waals surface area contributed by atoms with E-state index in [9.17, 15) is 4.79 Å². The van der Waals surface area contributed by atoms with Gasteiger partial charge in [0.2, 0.25) is 5.91 Å². The number of guanidine groups is 1. The second-order valence-electron chi connectivity index (χ2n) is 4.62. The number of carbonyl (C=O) groups is 1. The van der Waals surface area contributed by atoms with Crippen LogP contribution in [0.25, 0.3) is 0 Å². The van der Waals surface area contributed by atoms with Crippen LogP contribution in [0.2, 0.25) is 0 Å². The fourth-order valence-electron chi connectivity index (χ4n) is 1.09. The van der Waals surface area contributed by atoms with E-state index in [1.54, 1.807) is 7.05 Å². The maximum absolute atomic E-state index is 11.5. The minimum absolute atomic E-state index is 0. The van der Waals surface area contributed by atoms with Crippen LogP contribution in [0, 0.1) is 5.41 Å². The molecular weight excluding hydrogens is 331 g/mol. The van der Waals surface area contributed by atoms with E-state index >= 15 is 0 Å². The zero-order valence-corrected chi connectivity index (χ0v) is 13.7. The highest BCUT2D eigenvalue weighted by Crippen LogP contribution is 2.14. The highest BCUT2D eigenvalue weighted by molar-refractivity contribution is 14.0. The molecule has 0 bridgehead atoms. The average molecular weight is 356 g/mol. The molecule has 0 saturated carbocycles. The van der Waals surface area contributed by atoms with Crippen LogP contribution in [-0.2, 0) is 4.79 Å². The van der Waals surface area contributed by atoms with Crippen LogP contribution in [0.15, 0.2) is 4.99 Å². The van der Waals surface area contributed by atoms with E-state index in [1.165, 1.54) is 0 Å². The molecule has 0 aliphatic rings. The normalized spacial score (nSPS) is 13.6. The van der Waals surface area contributed by atoms with Crippen LogP contribution in [0.1, 0.15) is 34.1 Å². The van der Waals surface area contributed by atoms with Gasteiger partial charge in [-0.05, 0) is 27.2 Å². The van der Waals surface area contributed by atoms with Gasteiger partial charge in [0.25, 0.3) is 0 Å². The van der Waals surface area contributed by atoms with Crippen molar-refractivity contribution in [1.29, 1.82) is 0 Å². The lowest BCUT2D eigenvalue weighted by atomic mass is 9.93. The van der Waals surface area contributed by atoms with Gasteiger partial charge in [0.05, 0.1) is 12.0 Å². The first-order valence-electron chi connectivity index (χ1n) is 5.62. The van der Waals surface area contributed by atoms with Crippen molar-refractivity contribution in [3.8, 4) is 0 Å². The van der Waals surface area contributed by atoms with Crippen LogP contribution in [0.3, 0.4) is 0 Å². The molecule has 6 heteroatoms. The Labute approximate surface area is 121 Å².